The molecule has 5 nitrogen and oxygen atoms in total. The Bertz CT molecular complexity index is 583. The van der Waals surface area contributed by atoms with Gasteiger partial charge in [-0.1, -0.05) is 12.1 Å². The Hall–Kier alpha value is -2.04. The van der Waals surface area contributed by atoms with Crippen molar-refractivity contribution in [3.8, 4) is 5.75 Å². The Balaban J connectivity index is 1.89. The number of rotatable bonds is 4. The number of carbonyl (C=O) groups excluding carboxylic acids is 2. The van der Waals surface area contributed by atoms with Gasteiger partial charge in [-0.2, -0.15) is 0 Å². The highest BCUT2D eigenvalue weighted by Crippen LogP contribution is 2.44. The summed E-state index contributed by atoms with van der Waals surface area (Å²) in [5.41, 5.74) is 0.252. The summed E-state index contributed by atoms with van der Waals surface area (Å²) in [5.74, 6) is 0.973. The van der Waals surface area contributed by atoms with Crippen LogP contribution in [0, 0.1) is 5.92 Å². The third-order valence-electron chi connectivity index (χ3n) is 4.57. The Kier molecular flexibility index (Phi) is 3.35. The van der Waals surface area contributed by atoms with Gasteiger partial charge in [-0.3, -0.25) is 9.59 Å². The molecule has 0 aromatic heterocycles. The Morgan fingerprint density at radius 2 is 2.14 bits per heavy atom. The fourth-order valence-electron chi connectivity index (χ4n) is 3.07. The summed E-state index contributed by atoms with van der Waals surface area (Å²) in [6, 6.07) is 7.63. The normalized spacial score (nSPS) is 25.7. The van der Waals surface area contributed by atoms with Crippen molar-refractivity contribution in [1.29, 1.82) is 0 Å². The van der Waals surface area contributed by atoms with Gasteiger partial charge >= 0.3 is 0 Å². The van der Waals surface area contributed by atoms with Crippen LogP contribution >= 0.6 is 0 Å². The maximum absolute atomic E-state index is 12.3. The molecule has 3 rings (SSSR count). The maximum Gasteiger partial charge on any atom is 0.246 e. The van der Waals surface area contributed by atoms with Crippen LogP contribution in [0.1, 0.15) is 25.3 Å². The zero-order valence-electron chi connectivity index (χ0n) is 12.4. The summed E-state index contributed by atoms with van der Waals surface area (Å²) in [6.45, 7) is 2.42. The van der Waals surface area contributed by atoms with Crippen LogP contribution in [-0.2, 0) is 16.1 Å². The second kappa shape index (κ2) is 5.06. The van der Waals surface area contributed by atoms with Crippen LogP contribution in [0.2, 0.25) is 0 Å². The fraction of sp³-hybridized carbons (Fsp3) is 0.500. The molecule has 1 aromatic carbocycles. The SMILES string of the molecule is COc1cccc(CN2C(=O)CNC(=O)C2(C)C2CC2)c1. The fourth-order valence-corrected chi connectivity index (χ4v) is 3.07. The minimum atomic E-state index is -0.724. The van der Waals surface area contributed by atoms with E-state index in [1.807, 2.05) is 31.2 Å². The number of nitrogens with zero attached hydrogens (tertiary/aromatic N) is 1. The smallest absolute Gasteiger partial charge is 0.246 e. The first-order chi connectivity index (χ1) is 10.1. The van der Waals surface area contributed by atoms with E-state index < -0.39 is 5.54 Å². The van der Waals surface area contributed by atoms with E-state index in [9.17, 15) is 9.59 Å². The third kappa shape index (κ3) is 2.37. The molecule has 5 heteroatoms. The highest BCUT2D eigenvalue weighted by atomic mass is 16.5. The van der Waals surface area contributed by atoms with E-state index in [2.05, 4.69) is 5.32 Å². The number of hydrogen-bond donors (Lipinski definition) is 1. The van der Waals surface area contributed by atoms with Crippen molar-refractivity contribution in [2.75, 3.05) is 13.7 Å². The van der Waals surface area contributed by atoms with Crippen LogP contribution in [0.5, 0.6) is 5.75 Å². The molecule has 2 amide bonds. The molecule has 1 saturated heterocycles. The molecule has 0 spiro atoms. The van der Waals surface area contributed by atoms with Crippen molar-refractivity contribution in [2.45, 2.75) is 31.8 Å². The molecular formula is C16H20N2O3. The minimum Gasteiger partial charge on any atom is -0.497 e. The highest BCUT2D eigenvalue weighted by Gasteiger charge is 2.54. The standard InChI is InChI=1S/C16H20N2O3/c1-16(12-6-7-12)15(20)17-9-14(19)18(16)10-11-4-3-5-13(8-11)21-2/h3-5,8,12H,6-7,9-10H2,1-2H3,(H,17,20). The van der Waals surface area contributed by atoms with Crippen LogP contribution in [0.25, 0.3) is 0 Å². The first-order valence-electron chi connectivity index (χ1n) is 7.27. The minimum absolute atomic E-state index is 0.0215. The van der Waals surface area contributed by atoms with Crippen LogP contribution in [0.3, 0.4) is 0 Å². The van der Waals surface area contributed by atoms with E-state index in [4.69, 9.17) is 4.74 Å². The van der Waals surface area contributed by atoms with Crippen molar-refractivity contribution >= 4 is 11.8 Å². The zero-order chi connectivity index (χ0) is 15.0. The monoisotopic (exact) mass is 288 g/mol. The van der Waals surface area contributed by atoms with Crippen molar-refractivity contribution in [2.24, 2.45) is 5.92 Å². The molecule has 1 N–H and O–H groups in total. The van der Waals surface area contributed by atoms with Gasteiger partial charge in [0.2, 0.25) is 11.8 Å². The number of nitrogens with one attached hydrogen (secondary N) is 1. The van der Waals surface area contributed by atoms with E-state index in [0.717, 1.165) is 24.2 Å². The van der Waals surface area contributed by atoms with Gasteiger partial charge in [0.1, 0.15) is 11.3 Å². The maximum atomic E-state index is 12.3. The summed E-state index contributed by atoms with van der Waals surface area (Å²) in [4.78, 5) is 26.4. The second-order valence-electron chi connectivity index (χ2n) is 5.94. The molecule has 1 heterocycles. The lowest BCUT2D eigenvalue weighted by molar-refractivity contribution is -0.155. The van der Waals surface area contributed by atoms with Gasteiger partial charge in [0.25, 0.3) is 0 Å². The Morgan fingerprint density at radius 3 is 2.81 bits per heavy atom. The number of hydrogen-bond acceptors (Lipinski definition) is 3. The Morgan fingerprint density at radius 1 is 1.38 bits per heavy atom. The van der Waals surface area contributed by atoms with Gasteiger partial charge in [0.15, 0.2) is 0 Å². The number of benzene rings is 1. The number of amides is 2. The molecule has 112 valence electrons. The molecule has 0 bridgehead atoms. The number of carbonyl (C=O) groups is 2. The first-order valence-corrected chi connectivity index (χ1v) is 7.27. The average molecular weight is 288 g/mol. The molecule has 2 aliphatic rings. The lowest BCUT2D eigenvalue weighted by Crippen LogP contribution is -2.66. The third-order valence-corrected chi connectivity index (χ3v) is 4.57. The van der Waals surface area contributed by atoms with E-state index in [-0.39, 0.29) is 24.3 Å². The predicted molar refractivity (Wildman–Crippen MR) is 77.7 cm³/mol. The van der Waals surface area contributed by atoms with Crippen molar-refractivity contribution in [3.05, 3.63) is 29.8 Å². The largest absolute Gasteiger partial charge is 0.497 e. The van der Waals surface area contributed by atoms with Crippen molar-refractivity contribution in [1.82, 2.24) is 10.2 Å². The van der Waals surface area contributed by atoms with E-state index in [0.29, 0.717) is 6.54 Å². The van der Waals surface area contributed by atoms with Gasteiger partial charge in [-0.15, -0.1) is 0 Å². The van der Waals surface area contributed by atoms with E-state index >= 15 is 0 Å². The summed E-state index contributed by atoms with van der Waals surface area (Å²) in [6.07, 6.45) is 2.01. The van der Waals surface area contributed by atoms with Crippen LogP contribution in [-0.4, -0.2) is 35.9 Å². The van der Waals surface area contributed by atoms with Gasteiger partial charge < -0.3 is 15.0 Å². The van der Waals surface area contributed by atoms with Gasteiger partial charge in [0, 0.05) is 6.54 Å². The second-order valence-corrected chi connectivity index (χ2v) is 5.94. The van der Waals surface area contributed by atoms with Crippen LogP contribution < -0.4 is 10.1 Å². The van der Waals surface area contributed by atoms with Crippen LogP contribution in [0.4, 0.5) is 0 Å². The van der Waals surface area contributed by atoms with Crippen molar-refractivity contribution in [3.63, 3.8) is 0 Å². The molecule has 2 fully saturated rings. The van der Waals surface area contributed by atoms with Gasteiger partial charge in [-0.05, 0) is 43.4 Å². The topological polar surface area (TPSA) is 58.6 Å². The number of methoxy groups -OCH3 is 1. The predicted octanol–water partition coefficient (Wildman–Crippen LogP) is 1.32. The molecular weight excluding hydrogens is 268 g/mol. The van der Waals surface area contributed by atoms with Gasteiger partial charge in [-0.25, -0.2) is 0 Å². The Labute approximate surface area is 124 Å². The lowest BCUT2D eigenvalue weighted by atomic mass is 9.89. The van der Waals surface area contributed by atoms with Crippen LogP contribution in [0.15, 0.2) is 24.3 Å². The average Bonchev–Trinajstić information content (AvgIpc) is 3.33. The molecule has 1 atom stereocenters. The molecule has 1 saturated carbocycles. The van der Waals surface area contributed by atoms with Gasteiger partial charge in [0.05, 0.1) is 13.7 Å². The lowest BCUT2D eigenvalue weighted by Gasteiger charge is -2.44. The molecule has 1 unspecified atom stereocenters. The summed E-state index contributed by atoms with van der Waals surface area (Å²) in [5, 5.41) is 2.73. The van der Waals surface area contributed by atoms with E-state index in [1.54, 1.807) is 12.0 Å². The molecule has 0 radical (unpaired) electrons. The number of ether oxygens (including phenoxy) is 1. The van der Waals surface area contributed by atoms with E-state index in [1.165, 1.54) is 0 Å². The first kappa shape index (κ1) is 13.9. The van der Waals surface area contributed by atoms with Crippen molar-refractivity contribution < 1.29 is 14.3 Å². The summed E-state index contributed by atoms with van der Waals surface area (Å²) in [7, 11) is 1.62. The number of piperazine rings is 1. The molecule has 1 aliphatic carbocycles. The molecule has 21 heavy (non-hydrogen) atoms. The molecule has 1 aliphatic heterocycles. The quantitative estimate of drug-likeness (QED) is 0.909. The zero-order valence-corrected chi connectivity index (χ0v) is 12.4. The molecule has 1 aromatic rings. The summed E-state index contributed by atoms with van der Waals surface area (Å²) >= 11 is 0. The summed E-state index contributed by atoms with van der Waals surface area (Å²) < 4.78 is 5.22. The highest BCUT2D eigenvalue weighted by molar-refractivity contribution is 5.98.